The molecule has 0 fully saturated rings. The van der Waals surface area contributed by atoms with Crippen molar-refractivity contribution >= 4 is 0 Å². The first-order chi connectivity index (χ1) is 8.81. The van der Waals surface area contributed by atoms with Gasteiger partial charge in [0.2, 0.25) is 0 Å². The van der Waals surface area contributed by atoms with E-state index in [9.17, 15) is 0 Å². The van der Waals surface area contributed by atoms with Crippen LogP contribution in [0.4, 0.5) is 0 Å². The molecule has 2 aromatic rings. The fourth-order valence-corrected chi connectivity index (χ4v) is 1.65. The molecule has 0 radical (unpaired) electrons. The number of hydrogen-bond donors (Lipinski definition) is 2. The highest BCUT2D eigenvalue weighted by Crippen LogP contribution is 2.04. The average molecular weight is 240 g/mol. The summed E-state index contributed by atoms with van der Waals surface area (Å²) in [5.74, 6) is 1.69. The monoisotopic (exact) mass is 240 g/mol. The Balaban J connectivity index is 1.90. The summed E-state index contributed by atoms with van der Waals surface area (Å²) in [6, 6.07) is 4.14. The van der Waals surface area contributed by atoms with E-state index in [1.165, 1.54) is 0 Å². The van der Waals surface area contributed by atoms with Crippen molar-refractivity contribution in [3.05, 3.63) is 35.4 Å². The van der Waals surface area contributed by atoms with Crippen molar-refractivity contribution in [2.45, 2.75) is 25.7 Å². The summed E-state index contributed by atoms with van der Waals surface area (Å²) in [4.78, 5) is 14.6. The van der Waals surface area contributed by atoms with Gasteiger partial charge in [0, 0.05) is 36.6 Å². The highest BCUT2D eigenvalue weighted by Gasteiger charge is 2.04. The summed E-state index contributed by atoms with van der Waals surface area (Å²) >= 11 is 0. The molecule has 0 unspecified atom stereocenters. The van der Waals surface area contributed by atoms with Crippen LogP contribution in [0.3, 0.4) is 0 Å². The van der Waals surface area contributed by atoms with Crippen molar-refractivity contribution in [3.63, 3.8) is 0 Å². The van der Waals surface area contributed by atoms with Gasteiger partial charge in [-0.15, -0.1) is 0 Å². The maximum Gasteiger partial charge on any atom is 0.106 e. The van der Waals surface area contributed by atoms with E-state index >= 15 is 0 Å². The van der Waals surface area contributed by atoms with Gasteiger partial charge in [0.05, 0.1) is 25.0 Å². The van der Waals surface area contributed by atoms with Gasteiger partial charge < -0.3 is 9.97 Å². The molecule has 18 heavy (non-hydrogen) atoms. The Morgan fingerprint density at radius 2 is 1.33 bits per heavy atom. The summed E-state index contributed by atoms with van der Waals surface area (Å²) in [5.41, 5.74) is 1.66. The van der Waals surface area contributed by atoms with Crippen molar-refractivity contribution < 1.29 is 0 Å². The van der Waals surface area contributed by atoms with E-state index in [1.807, 2.05) is 0 Å². The van der Waals surface area contributed by atoms with Gasteiger partial charge in [-0.3, -0.25) is 0 Å². The lowest BCUT2D eigenvalue weighted by atomic mass is 10.3. The van der Waals surface area contributed by atoms with Crippen molar-refractivity contribution in [2.75, 3.05) is 0 Å². The average Bonchev–Trinajstić information content (AvgIpc) is 2.97. The zero-order chi connectivity index (χ0) is 12.8. The van der Waals surface area contributed by atoms with Crippen molar-refractivity contribution in [1.82, 2.24) is 19.9 Å². The number of imidazole rings is 2. The van der Waals surface area contributed by atoms with Crippen LogP contribution < -0.4 is 0 Å². The lowest BCUT2D eigenvalue weighted by Gasteiger charge is -1.94. The number of aromatic nitrogens is 4. The van der Waals surface area contributed by atoms with E-state index in [1.54, 1.807) is 12.4 Å². The number of nitrogens with one attached hydrogen (secondary N) is 2. The molecule has 2 N–H and O–H groups in total. The largest absolute Gasteiger partial charge is 0.345 e. The Morgan fingerprint density at radius 1 is 0.889 bits per heavy atom. The van der Waals surface area contributed by atoms with Crippen molar-refractivity contribution in [2.24, 2.45) is 0 Å². The molecule has 0 aliphatic heterocycles. The number of H-pyrrole nitrogens is 2. The lowest BCUT2D eigenvalue weighted by Crippen LogP contribution is -1.96. The van der Waals surface area contributed by atoms with Gasteiger partial charge in [-0.1, -0.05) is 0 Å². The van der Waals surface area contributed by atoms with Gasteiger partial charge in [-0.25, -0.2) is 9.97 Å². The normalized spacial score (nSPS) is 9.89. The van der Waals surface area contributed by atoms with E-state index < -0.39 is 0 Å². The third-order valence-corrected chi connectivity index (χ3v) is 2.50. The Morgan fingerprint density at radius 3 is 1.72 bits per heavy atom. The predicted octanol–water partition coefficient (Wildman–Crippen LogP) is 1.05. The summed E-state index contributed by atoms with van der Waals surface area (Å²) in [7, 11) is 0. The fraction of sp³-hybridized carbons (Fsp3) is 0.333. The second kappa shape index (κ2) is 5.65. The first kappa shape index (κ1) is 11.9. The minimum Gasteiger partial charge on any atom is -0.345 e. The zero-order valence-electron chi connectivity index (χ0n) is 9.77. The second-order valence-corrected chi connectivity index (χ2v) is 3.88. The van der Waals surface area contributed by atoms with E-state index in [0.29, 0.717) is 12.8 Å². The molecule has 0 amide bonds. The molecule has 0 spiro atoms. The van der Waals surface area contributed by atoms with Gasteiger partial charge in [0.1, 0.15) is 11.6 Å². The molecule has 0 saturated heterocycles. The number of aryl methyl sites for hydroxylation is 2. The van der Waals surface area contributed by atoms with E-state index in [-0.39, 0.29) is 0 Å². The third kappa shape index (κ3) is 2.96. The molecule has 2 heterocycles. The molecule has 0 bridgehead atoms. The Labute approximate surface area is 104 Å². The molecule has 0 saturated carbocycles. The molecular formula is C12H12N6. The quantitative estimate of drug-likeness (QED) is 0.814. The van der Waals surface area contributed by atoms with Gasteiger partial charge in [0.25, 0.3) is 0 Å². The standard InChI is InChI=1S/C12H12N6/c13-5-3-9-7-15-11(17-9)1-2-12-16-8-10(18-12)4-6-14/h7-8H,1-4H2,(H,15,17)(H,16,18). The van der Waals surface area contributed by atoms with E-state index in [0.717, 1.165) is 35.9 Å². The second-order valence-electron chi connectivity index (χ2n) is 3.88. The van der Waals surface area contributed by atoms with Crippen LogP contribution >= 0.6 is 0 Å². The van der Waals surface area contributed by atoms with Gasteiger partial charge in [0.15, 0.2) is 0 Å². The number of nitrogens with zero attached hydrogens (tertiary/aromatic N) is 4. The van der Waals surface area contributed by atoms with Crippen molar-refractivity contribution in [3.8, 4) is 12.1 Å². The van der Waals surface area contributed by atoms with Crippen LogP contribution in [0, 0.1) is 22.7 Å². The van der Waals surface area contributed by atoms with Gasteiger partial charge in [-0.2, -0.15) is 10.5 Å². The fourth-order valence-electron chi connectivity index (χ4n) is 1.65. The number of rotatable bonds is 5. The molecule has 0 aliphatic carbocycles. The van der Waals surface area contributed by atoms with Crippen LogP contribution in [-0.4, -0.2) is 19.9 Å². The van der Waals surface area contributed by atoms with Crippen LogP contribution in [0.5, 0.6) is 0 Å². The highest BCUT2D eigenvalue weighted by molar-refractivity contribution is 5.09. The molecule has 6 nitrogen and oxygen atoms in total. The van der Waals surface area contributed by atoms with Crippen LogP contribution in [-0.2, 0) is 25.7 Å². The van der Waals surface area contributed by atoms with Crippen LogP contribution in [0.1, 0.15) is 23.0 Å². The molecule has 90 valence electrons. The molecule has 2 rings (SSSR count). The Hall–Kier alpha value is -2.60. The topological polar surface area (TPSA) is 105 Å². The van der Waals surface area contributed by atoms with E-state index in [4.69, 9.17) is 10.5 Å². The highest BCUT2D eigenvalue weighted by atomic mass is 14.9. The maximum atomic E-state index is 8.55. The van der Waals surface area contributed by atoms with E-state index in [2.05, 4.69) is 32.1 Å². The summed E-state index contributed by atoms with van der Waals surface area (Å²) < 4.78 is 0. The van der Waals surface area contributed by atoms with Crippen LogP contribution in [0.15, 0.2) is 12.4 Å². The molecule has 0 aliphatic rings. The van der Waals surface area contributed by atoms with Gasteiger partial charge in [-0.05, 0) is 0 Å². The smallest absolute Gasteiger partial charge is 0.106 e. The van der Waals surface area contributed by atoms with Gasteiger partial charge >= 0.3 is 0 Å². The molecular weight excluding hydrogens is 228 g/mol. The van der Waals surface area contributed by atoms with Crippen LogP contribution in [0.2, 0.25) is 0 Å². The maximum absolute atomic E-state index is 8.55. The zero-order valence-corrected chi connectivity index (χ0v) is 9.77. The molecule has 0 atom stereocenters. The first-order valence-electron chi connectivity index (χ1n) is 5.61. The minimum absolute atomic E-state index is 0.347. The number of nitriles is 2. The summed E-state index contributed by atoms with van der Waals surface area (Å²) in [5, 5.41) is 17.1. The molecule has 2 aromatic heterocycles. The minimum atomic E-state index is 0.347. The third-order valence-electron chi connectivity index (χ3n) is 2.50. The van der Waals surface area contributed by atoms with Crippen LogP contribution in [0.25, 0.3) is 0 Å². The number of hydrogen-bond acceptors (Lipinski definition) is 4. The summed E-state index contributed by atoms with van der Waals surface area (Å²) in [6.07, 6.45) is 5.51. The SMILES string of the molecule is N#CCc1cnc(CCc2ncc(CC#N)[nH]2)[nH]1. The first-order valence-corrected chi connectivity index (χ1v) is 5.61. The van der Waals surface area contributed by atoms with Crippen molar-refractivity contribution in [1.29, 1.82) is 10.5 Å². The lowest BCUT2D eigenvalue weighted by molar-refractivity contribution is 0.830. The molecule has 6 heteroatoms. The summed E-state index contributed by atoms with van der Waals surface area (Å²) in [6.45, 7) is 0. The molecule has 0 aromatic carbocycles. The Bertz CT molecular complexity index is 540. The number of aromatic amines is 2. The predicted molar refractivity (Wildman–Crippen MR) is 63.2 cm³/mol. The Kier molecular flexibility index (Phi) is 3.72.